The minimum atomic E-state index is -4.59. The molecule has 0 radical (unpaired) electrons. The van der Waals surface area contributed by atoms with Crippen LogP contribution in [0, 0.1) is 6.92 Å². The first-order valence-electron chi connectivity index (χ1n) is 9.36. The number of aliphatic imine (C=N–C) groups is 1. The van der Waals surface area contributed by atoms with Crippen LogP contribution in [0.5, 0.6) is 5.75 Å². The topological polar surface area (TPSA) is 161 Å². The summed E-state index contributed by atoms with van der Waals surface area (Å²) in [6.45, 7) is 2.95. The summed E-state index contributed by atoms with van der Waals surface area (Å²) in [7, 11) is -2.44. The van der Waals surface area contributed by atoms with Gasteiger partial charge in [0.15, 0.2) is 5.75 Å². The van der Waals surface area contributed by atoms with Crippen molar-refractivity contribution in [2.75, 3.05) is 19.5 Å². The monoisotopic (exact) mass is 512 g/mol. The van der Waals surface area contributed by atoms with E-state index >= 15 is 0 Å². The summed E-state index contributed by atoms with van der Waals surface area (Å²) < 4.78 is 40.5. The first-order chi connectivity index (χ1) is 15.9. The number of nitrogens with one attached hydrogen (secondary N) is 3. The molecular weight excluding hydrogens is 492 g/mol. The maximum atomic E-state index is 13.2. The third-order valence-corrected chi connectivity index (χ3v) is 5.46. The van der Waals surface area contributed by atoms with E-state index in [9.17, 15) is 22.8 Å². The Morgan fingerprint density at radius 2 is 1.59 bits per heavy atom. The van der Waals surface area contributed by atoms with Crippen molar-refractivity contribution in [3.05, 3.63) is 47.0 Å². The van der Waals surface area contributed by atoms with E-state index in [4.69, 9.17) is 15.8 Å². The summed E-state index contributed by atoms with van der Waals surface area (Å²) in [6.07, 6.45) is -2.01. The van der Waals surface area contributed by atoms with Gasteiger partial charge in [-0.2, -0.15) is 8.42 Å². The Bertz CT molecular complexity index is 1230. The van der Waals surface area contributed by atoms with Gasteiger partial charge >= 0.3 is 22.3 Å². The molecule has 0 saturated carbocycles. The molecule has 0 aliphatic rings. The zero-order chi connectivity index (χ0) is 25.5. The zero-order valence-electron chi connectivity index (χ0n) is 18.5. The van der Waals surface area contributed by atoms with E-state index in [0.29, 0.717) is 5.56 Å². The molecule has 0 atom stereocenters. The van der Waals surface area contributed by atoms with E-state index in [1.165, 1.54) is 31.2 Å². The summed E-state index contributed by atoms with van der Waals surface area (Å²) in [5.41, 5.74) is 0.541. The number of rotatable bonds is 5. The number of carbonyl (C=O) groups excluding carboxylic acids is 3. The van der Waals surface area contributed by atoms with Gasteiger partial charge in [0.2, 0.25) is 11.9 Å². The lowest BCUT2D eigenvalue weighted by molar-refractivity contribution is -0.114. The van der Waals surface area contributed by atoms with Gasteiger partial charge in [0, 0.05) is 12.6 Å². The fourth-order valence-corrected chi connectivity index (χ4v) is 3.74. The van der Waals surface area contributed by atoms with Gasteiger partial charge in [-0.25, -0.2) is 14.6 Å². The van der Waals surface area contributed by atoms with E-state index in [2.05, 4.69) is 30.4 Å². The lowest BCUT2D eigenvalue weighted by Crippen LogP contribution is -2.43. The molecule has 12 nitrogen and oxygen atoms in total. The highest BCUT2D eigenvalue weighted by molar-refractivity contribution is 7.87. The van der Waals surface area contributed by atoms with Crippen molar-refractivity contribution in [2.24, 2.45) is 4.99 Å². The van der Waals surface area contributed by atoms with Crippen molar-refractivity contribution < 1.29 is 36.5 Å². The number of ether oxygens (including phenoxy) is 2. The standard InChI is InChI=1S/C20H21ClN4O8S/c1-11-5-7-14(21)16(9-11)33-34(29,30)17-10-13(22-12(2)26)6-8-15(17)23-18(24-19(27)31-3)25-20(28)32-4/h5-10H,1-4H3,(H,22,26)(H2,23,24,25,27,28). The fraction of sp³-hybridized carbons (Fsp3) is 0.200. The molecule has 0 fully saturated rings. The summed E-state index contributed by atoms with van der Waals surface area (Å²) >= 11 is 6.06. The second-order valence-corrected chi connectivity index (χ2v) is 8.45. The molecule has 2 aromatic carbocycles. The van der Waals surface area contributed by atoms with Crippen molar-refractivity contribution in [1.82, 2.24) is 10.6 Å². The number of aryl methyl sites for hydroxylation is 1. The van der Waals surface area contributed by atoms with Crippen LogP contribution in [0.25, 0.3) is 0 Å². The van der Waals surface area contributed by atoms with Crippen molar-refractivity contribution >= 4 is 57.1 Å². The van der Waals surface area contributed by atoms with Gasteiger partial charge in [-0.05, 0) is 42.8 Å². The zero-order valence-corrected chi connectivity index (χ0v) is 20.0. The quantitative estimate of drug-likeness (QED) is 0.313. The molecule has 0 bridgehead atoms. The van der Waals surface area contributed by atoms with Crippen LogP contribution in [-0.2, 0) is 24.4 Å². The first-order valence-corrected chi connectivity index (χ1v) is 11.1. The lowest BCUT2D eigenvalue weighted by atomic mass is 10.2. The minimum Gasteiger partial charge on any atom is -0.453 e. The van der Waals surface area contributed by atoms with Crippen LogP contribution in [0.2, 0.25) is 5.02 Å². The average Bonchev–Trinajstić information content (AvgIpc) is 2.76. The molecule has 0 spiro atoms. The summed E-state index contributed by atoms with van der Waals surface area (Å²) in [6, 6.07) is 8.21. The number of halogens is 1. The third kappa shape index (κ3) is 7.35. The molecule has 0 aliphatic carbocycles. The van der Waals surface area contributed by atoms with Gasteiger partial charge in [0.05, 0.1) is 24.9 Å². The van der Waals surface area contributed by atoms with Gasteiger partial charge in [-0.15, -0.1) is 0 Å². The fourth-order valence-electron chi connectivity index (χ4n) is 2.43. The summed E-state index contributed by atoms with van der Waals surface area (Å²) in [5.74, 6) is -1.10. The van der Waals surface area contributed by atoms with Gasteiger partial charge < -0.3 is 19.0 Å². The Hall–Kier alpha value is -3.84. The molecule has 14 heteroatoms. The Labute approximate surface area is 200 Å². The van der Waals surface area contributed by atoms with Crippen molar-refractivity contribution in [3.63, 3.8) is 0 Å². The highest BCUT2D eigenvalue weighted by atomic mass is 35.5. The van der Waals surface area contributed by atoms with Crippen LogP contribution in [0.4, 0.5) is 21.0 Å². The number of hydrogen-bond acceptors (Lipinski definition) is 9. The molecule has 2 aromatic rings. The Morgan fingerprint density at radius 3 is 2.15 bits per heavy atom. The second kappa shape index (κ2) is 11.3. The molecule has 0 saturated heterocycles. The maximum Gasteiger partial charge on any atom is 0.413 e. The Kier molecular flexibility index (Phi) is 8.81. The molecule has 0 unspecified atom stereocenters. The number of carbonyl (C=O) groups is 3. The molecule has 0 heterocycles. The van der Waals surface area contributed by atoms with Crippen molar-refractivity contribution in [2.45, 2.75) is 18.7 Å². The number of anilines is 1. The van der Waals surface area contributed by atoms with Gasteiger partial charge in [0.1, 0.15) is 4.90 Å². The van der Waals surface area contributed by atoms with Gasteiger partial charge in [0.25, 0.3) is 0 Å². The van der Waals surface area contributed by atoms with Crippen molar-refractivity contribution in [1.29, 1.82) is 0 Å². The van der Waals surface area contributed by atoms with E-state index < -0.39 is 39.1 Å². The Balaban J connectivity index is 2.64. The number of guanidine groups is 1. The number of benzene rings is 2. The van der Waals surface area contributed by atoms with Crippen LogP contribution < -0.4 is 20.1 Å². The van der Waals surface area contributed by atoms with Crippen LogP contribution in [0.3, 0.4) is 0 Å². The lowest BCUT2D eigenvalue weighted by Gasteiger charge is -2.14. The predicted octanol–water partition coefficient (Wildman–Crippen LogP) is 3.07. The smallest absolute Gasteiger partial charge is 0.413 e. The maximum absolute atomic E-state index is 13.2. The van der Waals surface area contributed by atoms with E-state index in [-0.39, 0.29) is 22.1 Å². The first kappa shape index (κ1) is 26.4. The largest absolute Gasteiger partial charge is 0.453 e. The van der Waals surface area contributed by atoms with Crippen LogP contribution in [0.15, 0.2) is 46.3 Å². The van der Waals surface area contributed by atoms with Crippen LogP contribution in [0.1, 0.15) is 12.5 Å². The minimum absolute atomic E-state index is 0.0395. The number of amides is 3. The van der Waals surface area contributed by atoms with E-state index in [1.807, 2.05) is 0 Å². The average molecular weight is 513 g/mol. The number of nitrogens with zero attached hydrogens (tertiary/aromatic N) is 1. The van der Waals surface area contributed by atoms with Crippen molar-refractivity contribution in [3.8, 4) is 5.75 Å². The molecule has 0 aliphatic heterocycles. The molecular formula is C20H21ClN4O8S. The molecule has 3 amide bonds. The number of alkyl carbamates (subject to hydrolysis) is 2. The van der Waals surface area contributed by atoms with E-state index in [0.717, 1.165) is 20.3 Å². The second-order valence-electron chi connectivity index (χ2n) is 6.53. The van der Waals surface area contributed by atoms with Gasteiger partial charge in [-0.3, -0.25) is 15.4 Å². The third-order valence-electron chi connectivity index (χ3n) is 3.88. The predicted molar refractivity (Wildman–Crippen MR) is 123 cm³/mol. The van der Waals surface area contributed by atoms with Crippen LogP contribution >= 0.6 is 11.6 Å². The van der Waals surface area contributed by atoms with Crippen LogP contribution in [-0.4, -0.2) is 46.7 Å². The highest BCUT2D eigenvalue weighted by Crippen LogP contribution is 2.33. The molecule has 182 valence electrons. The van der Waals surface area contributed by atoms with Gasteiger partial charge in [-0.1, -0.05) is 17.7 Å². The highest BCUT2D eigenvalue weighted by Gasteiger charge is 2.24. The number of hydrogen-bond donors (Lipinski definition) is 3. The normalized spacial score (nSPS) is 10.5. The molecule has 3 N–H and O–H groups in total. The Morgan fingerprint density at radius 1 is 0.971 bits per heavy atom. The summed E-state index contributed by atoms with van der Waals surface area (Å²) in [5, 5.41) is 6.74. The molecule has 0 aromatic heterocycles. The van der Waals surface area contributed by atoms with E-state index in [1.54, 1.807) is 13.0 Å². The molecule has 34 heavy (non-hydrogen) atoms. The summed E-state index contributed by atoms with van der Waals surface area (Å²) in [4.78, 5) is 38.2. The molecule has 2 rings (SSSR count). The number of methoxy groups -OCH3 is 2. The SMILES string of the molecule is COC(=O)NC(=Nc1ccc(NC(C)=O)cc1S(=O)(=O)Oc1cc(C)ccc1Cl)NC(=O)OC.